The molecule has 0 aliphatic carbocycles. The van der Waals surface area contributed by atoms with Crippen molar-refractivity contribution in [3.05, 3.63) is 34.6 Å². The van der Waals surface area contributed by atoms with Crippen LogP contribution in [0.5, 0.6) is 0 Å². The number of aromatic amines is 1. The van der Waals surface area contributed by atoms with Crippen LogP contribution in [-0.4, -0.2) is 15.0 Å². The van der Waals surface area contributed by atoms with Crippen molar-refractivity contribution in [2.24, 2.45) is 0 Å². The van der Waals surface area contributed by atoms with Crippen molar-refractivity contribution >= 4 is 10.9 Å². The number of rotatable bonds is 1. The normalized spacial score (nSPS) is 11.1. The Hall–Kier alpha value is -1.85. The first-order valence-electron chi connectivity index (χ1n) is 3.80. The smallest absolute Gasteiger partial charge is 0.295 e. The fourth-order valence-electron chi connectivity index (χ4n) is 1.11. The monoisotopic (exact) mass is 197 g/mol. The molecule has 14 heavy (non-hydrogen) atoms. The number of halogens is 2. The maximum absolute atomic E-state index is 12.2. The molecule has 72 valence electrons. The molecule has 2 aromatic heterocycles. The van der Waals surface area contributed by atoms with E-state index in [1.54, 1.807) is 0 Å². The van der Waals surface area contributed by atoms with Gasteiger partial charge in [0.05, 0.1) is 17.1 Å². The van der Waals surface area contributed by atoms with Gasteiger partial charge in [0.1, 0.15) is 0 Å². The predicted molar refractivity (Wildman–Crippen MR) is 45.1 cm³/mol. The first kappa shape index (κ1) is 8.74. The van der Waals surface area contributed by atoms with Crippen LogP contribution >= 0.6 is 0 Å². The van der Waals surface area contributed by atoms with E-state index in [9.17, 15) is 13.6 Å². The molecule has 2 rings (SSSR count). The second-order valence-corrected chi connectivity index (χ2v) is 2.64. The molecule has 0 atom stereocenters. The highest BCUT2D eigenvalue weighted by Gasteiger charge is 2.11. The van der Waals surface area contributed by atoms with E-state index in [4.69, 9.17) is 0 Å². The lowest BCUT2D eigenvalue weighted by molar-refractivity contribution is 0.140. The molecule has 2 aromatic rings. The lowest BCUT2D eigenvalue weighted by Crippen LogP contribution is -2.12. The Morgan fingerprint density at radius 2 is 2.21 bits per heavy atom. The van der Waals surface area contributed by atoms with Gasteiger partial charge in [0.25, 0.3) is 12.0 Å². The molecule has 0 spiro atoms. The van der Waals surface area contributed by atoms with Crippen LogP contribution in [0.3, 0.4) is 0 Å². The summed E-state index contributed by atoms with van der Waals surface area (Å²) < 4.78 is 24.4. The van der Waals surface area contributed by atoms with E-state index < -0.39 is 17.8 Å². The van der Waals surface area contributed by atoms with Gasteiger partial charge >= 0.3 is 0 Å². The molecule has 0 saturated heterocycles. The van der Waals surface area contributed by atoms with Gasteiger partial charge in [-0.1, -0.05) is 0 Å². The van der Waals surface area contributed by atoms with Gasteiger partial charge in [-0.3, -0.25) is 9.78 Å². The molecule has 0 aliphatic heterocycles. The fraction of sp³-hybridized carbons (Fsp3) is 0.125. The van der Waals surface area contributed by atoms with Crippen LogP contribution in [-0.2, 0) is 0 Å². The standard InChI is InChI=1S/C8H5F2N3O/c9-6(10)7-12-5-3-11-2-1-4(5)8(14)13-7/h1-3,6H,(H,12,13,14). The molecule has 0 saturated carbocycles. The van der Waals surface area contributed by atoms with E-state index in [1.165, 1.54) is 18.5 Å². The molecule has 4 nitrogen and oxygen atoms in total. The van der Waals surface area contributed by atoms with Gasteiger partial charge in [-0.2, -0.15) is 0 Å². The van der Waals surface area contributed by atoms with Crippen LogP contribution in [0.1, 0.15) is 12.2 Å². The van der Waals surface area contributed by atoms with E-state index in [-0.39, 0.29) is 10.9 Å². The molecular weight excluding hydrogens is 192 g/mol. The molecule has 0 amide bonds. The molecular formula is C8H5F2N3O. The Labute approximate surface area is 76.6 Å². The van der Waals surface area contributed by atoms with E-state index in [1.807, 2.05) is 4.98 Å². The first-order chi connectivity index (χ1) is 6.68. The van der Waals surface area contributed by atoms with Crippen molar-refractivity contribution < 1.29 is 8.78 Å². The van der Waals surface area contributed by atoms with Crippen molar-refractivity contribution in [2.75, 3.05) is 0 Å². The van der Waals surface area contributed by atoms with Gasteiger partial charge in [0.2, 0.25) is 0 Å². The van der Waals surface area contributed by atoms with Crippen molar-refractivity contribution in [2.45, 2.75) is 6.43 Å². The summed E-state index contributed by atoms with van der Waals surface area (Å²) in [5.74, 6) is -0.629. The minimum absolute atomic E-state index is 0.173. The zero-order valence-corrected chi connectivity index (χ0v) is 6.87. The summed E-state index contributed by atoms with van der Waals surface area (Å²) in [6.07, 6.45) is -0.107. The van der Waals surface area contributed by atoms with Gasteiger partial charge in [-0.05, 0) is 6.07 Å². The summed E-state index contributed by atoms with van der Waals surface area (Å²) in [5, 5.41) is 0.254. The Morgan fingerprint density at radius 1 is 1.43 bits per heavy atom. The number of alkyl halides is 2. The highest BCUT2D eigenvalue weighted by atomic mass is 19.3. The summed E-state index contributed by atoms with van der Waals surface area (Å²) in [7, 11) is 0. The molecule has 0 aliphatic rings. The summed E-state index contributed by atoms with van der Waals surface area (Å²) in [6.45, 7) is 0. The van der Waals surface area contributed by atoms with Crippen molar-refractivity contribution in [3.63, 3.8) is 0 Å². The summed E-state index contributed by atoms with van der Waals surface area (Å²) >= 11 is 0. The fourth-order valence-corrected chi connectivity index (χ4v) is 1.11. The molecule has 1 N–H and O–H groups in total. The summed E-state index contributed by atoms with van der Waals surface area (Å²) in [4.78, 5) is 20.5. The summed E-state index contributed by atoms with van der Waals surface area (Å²) in [5.41, 5.74) is -0.403. The first-order valence-corrected chi connectivity index (χ1v) is 3.80. The maximum Gasteiger partial charge on any atom is 0.295 e. The Morgan fingerprint density at radius 3 is 2.93 bits per heavy atom. The molecule has 0 unspecified atom stereocenters. The average molecular weight is 197 g/mol. The zero-order chi connectivity index (χ0) is 10.1. The summed E-state index contributed by atoms with van der Waals surface area (Å²) in [6, 6.07) is 1.43. The maximum atomic E-state index is 12.2. The third-order valence-electron chi connectivity index (χ3n) is 1.73. The van der Waals surface area contributed by atoms with Crippen LogP contribution in [0.4, 0.5) is 8.78 Å². The number of fused-ring (bicyclic) bond motifs is 1. The van der Waals surface area contributed by atoms with Crippen LogP contribution in [0.2, 0.25) is 0 Å². The highest BCUT2D eigenvalue weighted by molar-refractivity contribution is 5.75. The van der Waals surface area contributed by atoms with Gasteiger partial charge in [0, 0.05) is 6.20 Å². The SMILES string of the molecule is O=c1[nH]c(C(F)F)nc2cnccc12. The lowest BCUT2D eigenvalue weighted by Gasteiger charge is -1.99. The van der Waals surface area contributed by atoms with E-state index in [2.05, 4.69) is 9.97 Å². The van der Waals surface area contributed by atoms with Gasteiger partial charge in [-0.25, -0.2) is 13.8 Å². The lowest BCUT2D eigenvalue weighted by atomic mass is 10.3. The Kier molecular flexibility index (Phi) is 1.95. The highest BCUT2D eigenvalue weighted by Crippen LogP contribution is 2.14. The Bertz CT molecular complexity index is 523. The van der Waals surface area contributed by atoms with Gasteiger partial charge in [-0.15, -0.1) is 0 Å². The van der Waals surface area contributed by atoms with Crippen molar-refractivity contribution in [1.29, 1.82) is 0 Å². The van der Waals surface area contributed by atoms with Crippen LogP contribution in [0.15, 0.2) is 23.3 Å². The number of pyridine rings is 1. The molecule has 0 bridgehead atoms. The second-order valence-electron chi connectivity index (χ2n) is 2.64. The minimum atomic E-state index is -2.78. The zero-order valence-electron chi connectivity index (χ0n) is 6.87. The number of hydrogen-bond donors (Lipinski definition) is 1. The minimum Gasteiger partial charge on any atom is -0.305 e. The number of nitrogens with one attached hydrogen (secondary N) is 1. The second kappa shape index (κ2) is 3.13. The number of H-pyrrole nitrogens is 1. The van der Waals surface area contributed by atoms with Gasteiger partial charge < -0.3 is 4.98 Å². The molecule has 2 heterocycles. The van der Waals surface area contributed by atoms with Crippen molar-refractivity contribution in [1.82, 2.24) is 15.0 Å². The average Bonchev–Trinajstić information content (AvgIpc) is 2.17. The third-order valence-corrected chi connectivity index (χ3v) is 1.73. The topological polar surface area (TPSA) is 58.6 Å². The number of nitrogens with zero attached hydrogens (tertiary/aromatic N) is 2. The van der Waals surface area contributed by atoms with Crippen LogP contribution in [0, 0.1) is 0 Å². The quantitative estimate of drug-likeness (QED) is 0.748. The number of aromatic nitrogens is 3. The van der Waals surface area contributed by atoms with Crippen molar-refractivity contribution in [3.8, 4) is 0 Å². The van der Waals surface area contributed by atoms with Crippen LogP contribution in [0.25, 0.3) is 10.9 Å². The molecule has 0 fully saturated rings. The van der Waals surface area contributed by atoms with E-state index in [0.717, 1.165) is 0 Å². The Balaban J connectivity index is 2.79. The van der Waals surface area contributed by atoms with Crippen LogP contribution < -0.4 is 5.56 Å². The molecule has 6 heteroatoms. The number of hydrogen-bond acceptors (Lipinski definition) is 3. The largest absolute Gasteiger partial charge is 0.305 e. The third kappa shape index (κ3) is 1.34. The molecule has 0 radical (unpaired) electrons. The van der Waals surface area contributed by atoms with E-state index >= 15 is 0 Å². The predicted octanol–water partition coefficient (Wildman–Crippen LogP) is 1.26. The van der Waals surface area contributed by atoms with Gasteiger partial charge in [0.15, 0.2) is 5.82 Å². The molecule has 0 aromatic carbocycles. The van der Waals surface area contributed by atoms with E-state index in [0.29, 0.717) is 0 Å².